The number of hydrogen-bond donors (Lipinski definition) is 1. The molecule has 0 aliphatic carbocycles. The standard InChI is InChI=1S/C12H11F.FHO3S/c13-8-7-10-5-6-11-3-1-2-4-12(11)9-10;1-5(2,3)4/h1-6,9H,7-8H2;(H,2,3,4). The summed E-state index contributed by atoms with van der Waals surface area (Å²) >= 11 is 0. The summed E-state index contributed by atoms with van der Waals surface area (Å²) in [5, 5.41) is 2.40. The lowest BCUT2D eigenvalue weighted by atomic mass is 10.1. The molecule has 0 spiro atoms. The monoisotopic (exact) mass is 274 g/mol. The van der Waals surface area contributed by atoms with Gasteiger partial charge in [0.05, 0.1) is 6.67 Å². The highest BCUT2D eigenvalue weighted by Gasteiger charge is 1.95. The summed E-state index contributed by atoms with van der Waals surface area (Å²) in [7, 11) is -5.17. The van der Waals surface area contributed by atoms with Crippen LogP contribution in [-0.4, -0.2) is 19.6 Å². The van der Waals surface area contributed by atoms with Crippen molar-refractivity contribution in [3.63, 3.8) is 0 Å². The summed E-state index contributed by atoms with van der Waals surface area (Å²) < 4.78 is 46.2. The third kappa shape index (κ3) is 5.70. The summed E-state index contributed by atoms with van der Waals surface area (Å²) in [5.74, 6) is 0. The maximum Gasteiger partial charge on any atom is 0.435 e. The normalized spacial score (nSPS) is 10.8. The number of halogens is 2. The van der Waals surface area contributed by atoms with Crippen molar-refractivity contribution >= 4 is 21.3 Å². The third-order valence-corrected chi connectivity index (χ3v) is 2.20. The summed E-state index contributed by atoms with van der Waals surface area (Å²) in [6.45, 7) is -0.279. The molecule has 0 bridgehead atoms. The van der Waals surface area contributed by atoms with Crippen LogP contribution in [0.4, 0.5) is 8.28 Å². The quantitative estimate of drug-likeness (QED) is 0.676. The molecule has 0 unspecified atom stereocenters. The Labute approximate surface area is 104 Å². The molecule has 2 aromatic rings. The predicted molar refractivity (Wildman–Crippen MR) is 66.3 cm³/mol. The zero-order chi connectivity index (χ0) is 13.6. The highest BCUT2D eigenvalue weighted by molar-refractivity contribution is 7.80. The third-order valence-electron chi connectivity index (χ3n) is 2.20. The molecule has 0 heterocycles. The second-order valence-electron chi connectivity index (χ2n) is 3.53. The highest BCUT2D eigenvalue weighted by atomic mass is 32.3. The number of rotatable bonds is 2. The van der Waals surface area contributed by atoms with Crippen molar-refractivity contribution < 1.29 is 21.2 Å². The van der Waals surface area contributed by atoms with Crippen molar-refractivity contribution in [3.8, 4) is 0 Å². The summed E-state index contributed by atoms with van der Waals surface area (Å²) in [4.78, 5) is 0. The van der Waals surface area contributed by atoms with Crippen molar-refractivity contribution in [2.24, 2.45) is 0 Å². The Hall–Kier alpha value is -1.53. The molecular weight excluding hydrogens is 262 g/mol. The maximum absolute atomic E-state index is 12.1. The first-order valence-corrected chi connectivity index (χ1v) is 6.45. The van der Waals surface area contributed by atoms with Crippen LogP contribution in [0.2, 0.25) is 0 Å². The van der Waals surface area contributed by atoms with E-state index >= 15 is 0 Å². The van der Waals surface area contributed by atoms with Gasteiger partial charge >= 0.3 is 10.5 Å². The average molecular weight is 274 g/mol. The molecule has 0 saturated heterocycles. The molecule has 0 radical (unpaired) electrons. The minimum absolute atomic E-state index is 0.279. The van der Waals surface area contributed by atoms with Crippen LogP contribution in [0.3, 0.4) is 0 Å². The molecule has 0 aromatic heterocycles. The van der Waals surface area contributed by atoms with E-state index < -0.39 is 10.5 Å². The highest BCUT2D eigenvalue weighted by Crippen LogP contribution is 2.15. The van der Waals surface area contributed by atoms with E-state index in [1.54, 1.807) is 0 Å². The van der Waals surface area contributed by atoms with Gasteiger partial charge in [0.2, 0.25) is 0 Å². The largest absolute Gasteiger partial charge is 0.435 e. The van der Waals surface area contributed by atoms with Crippen LogP contribution in [0, 0.1) is 0 Å². The van der Waals surface area contributed by atoms with E-state index in [1.165, 1.54) is 10.8 Å². The first-order chi connectivity index (χ1) is 8.40. The number of aryl methyl sites for hydroxylation is 1. The van der Waals surface area contributed by atoms with E-state index in [2.05, 4.69) is 18.2 Å². The molecule has 2 rings (SSSR count). The lowest BCUT2D eigenvalue weighted by molar-refractivity contribution is 0.435. The van der Waals surface area contributed by atoms with E-state index in [1.807, 2.05) is 24.3 Å². The van der Waals surface area contributed by atoms with Crippen molar-refractivity contribution in [2.75, 3.05) is 6.67 Å². The summed E-state index contributed by atoms with van der Waals surface area (Å²) in [6, 6.07) is 14.2. The van der Waals surface area contributed by atoms with Gasteiger partial charge < -0.3 is 0 Å². The van der Waals surface area contributed by atoms with Crippen LogP contribution >= 0.6 is 0 Å². The van der Waals surface area contributed by atoms with Crippen molar-refractivity contribution in [1.82, 2.24) is 0 Å². The molecule has 0 fully saturated rings. The topological polar surface area (TPSA) is 54.4 Å². The Bertz CT molecular complexity index is 604. The second-order valence-corrected chi connectivity index (χ2v) is 4.36. The minimum atomic E-state index is -5.17. The van der Waals surface area contributed by atoms with Crippen molar-refractivity contribution in [2.45, 2.75) is 6.42 Å². The molecular formula is C12H12F2O3S. The smallest absolute Gasteiger partial charge is 0.260 e. The van der Waals surface area contributed by atoms with E-state index in [4.69, 9.17) is 13.0 Å². The van der Waals surface area contributed by atoms with Gasteiger partial charge in [0.15, 0.2) is 0 Å². The van der Waals surface area contributed by atoms with Crippen LogP contribution in [0.15, 0.2) is 42.5 Å². The van der Waals surface area contributed by atoms with E-state index in [0.717, 1.165) is 5.56 Å². The Balaban J connectivity index is 0.000000280. The zero-order valence-corrected chi connectivity index (χ0v) is 10.2. The van der Waals surface area contributed by atoms with Crippen LogP contribution in [-0.2, 0) is 16.9 Å². The number of alkyl halides is 1. The van der Waals surface area contributed by atoms with Gasteiger partial charge in [-0.05, 0) is 16.3 Å². The van der Waals surface area contributed by atoms with Crippen LogP contribution < -0.4 is 0 Å². The molecule has 98 valence electrons. The number of hydrogen-bond acceptors (Lipinski definition) is 2. The van der Waals surface area contributed by atoms with E-state index in [9.17, 15) is 8.28 Å². The van der Waals surface area contributed by atoms with E-state index in [0.29, 0.717) is 6.42 Å². The SMILES string of the molecule is FCCc1ccc2ccccc2c1.O=S(=O)(O)F. The second kappa shape index (κ2) is 6.42. The van der Waals surface area contributed by atoms with Crippen molar-refractivity contribution in [3.05, 3.63) is 48.0 Å². The summed E-state index contributed by atoms with van der Waals surface area (Å²) in [5.41, 5.74) is 1.07. The lowest BCUT2D eigenvalue weighted by Crippen LogP contribution is -1.85. The van der Waals surface area contributed by atoms with Gasteiger partial charge in [-0.15, -0.1) is 0 Å². The molecule has 0 amide bonds. The number of benzene rings is 2. The average Bonchev–Trinajstić information content (AvgIpc) is 2.27. The van der Waals surface area contributed by atoms with Gasteiger partial charge in [0.1, 0.15) is 0 Å². The van der Waals surface area contributed by atoms with E-state index in [-0.39, 0.29) is 6.67 Å². The molecule has 2 aromatic carbocycles. The molecule has 0 aliphatic heterocycles. The Morgan fingerprint density at radius 2 is 1.61 bits per heavy atom. The lowest BCUT2D eigenvalue weighted by Gasteiger charge is -2.00. The Morgan fingerprint density at radius 1 is 1.06 bits per heavy atom. The predicted octanol–water partition coefficient (Wildman–Crippen LogP) is 3.11. The van der Waals surface area contributed by atoms with Crippen LogP contribution in [0.1, 0.15) is 5.56 Å². The van der Waals surface area contributed by atoms with Crippen molar-refractivity contribution in [1.29, 1.82) is 0 Å². The van der Waals surface area contributed by atoms with Gasteiger partial charge in [-0.3, -0.25) is 8.94 Å². The van der Waals surface area contributed by atoms with Crippen LogP contribution in [0.25, 0.3) is 10.8 Å². The fraction of sp³-hybridized carbons (Fsp3) is 0.167. The zero-order valence-electron chi connectivity index (χ0n) is 9.38. The molecule has 1 N–H and O–H groups in total. The van der Waals surface area contributed by atoms with Gasteiger partial charge in [-0.2, -0.15) is 8.42 Å². The Kier molecular flexibility index (Phi) is 5.18. The summed E-state index contributed by atoms with van der Waals surface area (Å²) in [6.07, 6.45) is 0.519. The van der Waals surface area contributed by atoms with Gasteiger partial charge in [0, 0.05) is 6.42 Å². The molecule has 0 atom stereocenters. The molecule has 6 heteroatoms. The molecule has 0 saturated carbocycles. The minimum Gasteiger partial charge on any atom is -0.260 e. The van der Waals surface area contributed by atoms with Crippen LogP contribution in [0.5, 0.6) is 0 Å². The van der Waals surface area contributed by atoms with Gasteiger partial charge in [-0.25, -0.2) is 0 Å². The Morgan fingerprint density at radius 3 is 2.17 bits per heavy atom. The first-order valence-electron chi connectivity index (χ1n) is 5.11. The number of fused-ring (bicyclic) bond motifs is 1. The first kappa shape index (κ1) is 14.5. The molecule has 0 aliphatic rings. The fourth-order valence-electron chi connectivity index (χ4n) is 1.50. The fourth-order valence-corrected chi connectivity index (χ4v) is 1.50. The van der Waals surface area contributed by atoms with Gasteiger partial charge in [0.25, 0.3) is 0 Å². The maximum atomic E-state index is 12.1. The molecule has 3 nitrogen and oxygen atoms in total. The molecule has 18 heavy (non-hydrogen) atoms. The van der Waals surface area contributed by atoms with Gasteiger partial charge in [-0.1, -0.05) is 46.4 Å².